The summed E-state index contributed by atoms with van der Waals surface area (Å²) < 4.78 is 14.9. The highest BCUT2D eigenvalue weighted by Gasteiger charge is 2.29. The van der Waals surface area contributed by atoms with Gasteiger partial charge >= 0.3 is 0 Å². The molecule has 0 aromatic heterocycles. The Morgan fingerprint density at radius 2 is 2.15 bits per heavy atom. The van der Waals surface area contributed by atoms with Crippen LogP contribution >= 0.6 is 15.9 Å². The molecule has 2 atom stereocenters. The van der Waals surface area contributed by atoms with E-state index in [1.54, 1.807) is 6.07 Å². The Labute approximate surface area is 129 Å². The van der Waals surface area contributed by atoms with Gasteiger partial charge in [0.25, 0.3) is 0 Å². The summed E-state index contributed by atoms with van der Waals surface area (Å²) in [5.74, 6) is -0.125. The van der Waals surface area contributed by atoms with Crippen LogP contribution in [-0.4, -0.2) is 62.7 Å². The molecule has 1 aromatic rings. The van der Waals surface area contributed by atoms with Gasteiger partial charge in [-0.05, 0) is 51.3 Å². The molecule has 1 N–H and O–H groups in total. The van der Waals surface area contributed by atoms with E-state index >= 15 is 0 Å². The van der Waals surface area contributed by atoms with Crippen molar-refractivity contribution in [2.75, 3.05) is 40.8 Å². The summed E-state index contributed by atoms with van der Waals surface area (Å²) in [5.41, 5.74) is 0.764. The van der Waals surface area contributed by atoms with Gasteiger partial charge in [-0.2, -0.15) is 0 Å². The summed E-state index contributed by atoms with van der Waals surface area (Å²) in [6.45, 7) is 3.16. The van der Waals surface area contributed by atoms with Crippen LogP contribution in [0.4, 0.5) is 4.39 Å². The first-order valence-corrected chi connectivity index (χ1v) is 7.80. The summed E-state index contributed by atoms with van der Waals surface area (Å²) in [5, 5.41) is 3.37. The van der Waals surface area contributed by atoms with E-state index < -0.39 is 0 Å². The fourth-order valence-corrected chi connectivity index (χ4v) is 3.25. The third-order valence-electron chi connectivity index (χ3n) is 4.18. The first-order valence-electron chi connectivity index (χ1n) is 7.01. The maximum absolute atomic E-state index is 13.9. The number of rotatable bonds is 4. The molecule has 0 radical (unpaired) electrons. The number of nitrogens with one attached hydrogen (secondary N) is 1. The lowest BCUT2D eigenvalue weighted by Gasteiger charge is -2.42. The number of halogens is 2. The molecule has 112 valence electrons. The van der Waals surface area contributed by atoms with E-state index in [1.165, 1.54) is 6.07 Å². The van der Waals surface area contributed by atoms with Gasteiger partial charge in [-0.3, -0.25) is 4.90 Å². The highest BCUT2D eigenvalue weighted by molar-refractivity contribution is 9.10. The van der Waals surface area contributed by atoms with Gasteiger partial charge in [0.15, 0.2) is 0 Å². The lowest BCUT2D eigenvalue weighted by molar-refractivity contribution is 0.0895. The van der Waals surface area contributed by atoms with Crippen molar-refractivity contribution in [3.8, 4) is 0 Å². The van der Waals surface area contributed by atoms with E-state index in [0.717, 1.165) is 29.7 Å². The van der Waals surface area contributed by atoms with Crippen molar-refractivity contribution in [1.29, 1.82) is 0 Å². The Hall–Kier alpha value is -0.490. The van der Waals surface area contributed by atoms with Crippen LogP contribution < -0.4 is 5.32 Å². The van der Waals surface area contributed by atoms with Crippen LogP contribution in [0.1, 0.15) is 5.56 Å². The van der Waals surface area contributed by atoms with Gasteiger partial charge in [-0.15, -0.1) is 0 Å². The van der Waals surface area contributed by atoms with E-state index in [2.05, 4.69) is 45.1 Å². The minimum absolute atomic E-state index is 0.125. The number of hydrogen-bond donors (Lipinski definition) is 1. The third-order valence-corrected chi connectivity index (χ3v) is 4.68. The zero-order chi connectivity index (χ0) is 14.7. The van der Waals surface area contributed by atoms with Gasteiger partial charge in [0.1, 0.15) is 5.82 Å². The fourth-order valence-electron chi connectivity index (χ4n) is 2.85. The monoisotopic (exact) mass is 343 g/mol. The average molecular weight is 344 g/mol. The maximum Gasteiger partial charge on any atom is 0.126 e. The van der Waals surface area contributed by atoms with Crippen LogP contribution in [0.2, 0.25) is 0 Å². The molecule has 1 fully saturated rings. The molecule has 2 unspecified atom stereocenters. The quantitative estimate of drug-likeness (QED) is 0.901. The number of nitrogens with zero attached hydrogens (tertiary/aromatic N) is 2. The van der Waals surface area contributed by atoms with Crippen molar-refractivity contribution in [3.63, 3.8) is 0 Å². The predicted molar refractivity (Wildman–Crippen MR) is 84.6 cm³/mol. The molecule has 3 nitrogen and oxygen atoms in total. The minimum atomic E-state index is -0.125. The Morgan fingerprint density at radius 3 is 2.85 bits per heavy atom. The Balaban J connectivity index is 2.13. The van der Waals surface area contributed by atoms with Crippen molar-refractivity contribution < 1.29 is 4.39 Å². The topological polar surface area (TPSA) is 18.5 Å². The third kappa shape index (κ3) is 3.79. The number of likely N-dealkylation sites (N-methyl/N-ethyl adjacent to an activating group) is 3. The maximum atomic E-state index is 13.9. The highest BCUT2D eigenvalue weighted by Crippen LogP contribution is 2.20. The normalized spacial score (nSPS) is 22.9. The summed E-state index contributed by atoms with van der Waals surface area (Å²) in [7, 11) is 6.26. The molecule has 1 saturated heterocycles. The van der Waals surface area contributed by atoms with Crippen molar-refractivity contribution in [1.82, 2.24) is 15.1 Å². The molecule has 20 heavy (non-hydrogen) atoms. The van der Waals surface area contributed by atoms with E-state index in [-0.39, 0.29) is 11.9 Å². The van der Waals surface area contributed by atoms with Gasteiger partial charge in [-0.1, -0.05) is 15.9 Å². The van der Waals surface area contributed by atoms with Crippen LogP contribution in [0.25, 0.3) is 0 Å². The van der Waals surface area contributed by atoms with Gasteiger partial charge in [0, 0.05) is 36.2 Å². The second-order valence-electron chi connectivity index (χ2n) is 5.65. The largest absolute Gasteiger partial charge is 0.315 e. The predicted octanol–water partition coefficient (Wildman–Crippen LogP) is 1.96. The van der Waals surface area contributed by atoms with Crippen LogP contribution in [0.5, 0.6) is 0 Å². The molecule has 0 amide bonds. The first-order chi connectivity index (χ1) is 9.51. The van der Waals surface area contributed by atoms with Crippen LogP contribution in [0.15, 0.2) is 22.7 Å². The van der Waals surface area contributed by atoms with Gasteiger partial charge in [-0.25, -0.2) is 4.39 Å². The second-order valence-corrected chi connectivity index (χ2v) is 6.56. The second kappa shape index (κ2) is 6.98. The van der Waals surface area contributed by atoms with Crippen LogP contribution in [0, 0.1) is 5.82 Å². The van der Waals surface area contributed by atoms with Gasteiger partial charge < -0.3 is 10.2 Å². The molecule has 1 aliphatic rings. The molecule has 5 heteroatoms. The zero-order valence-electron chi connectivity index (χ0n) is 12.4. The lowest BCUT2D eigenvalue weighted by Crippen LogP contribution is -2.58. The van der Waals surface area contributed by atoms with Crippen LogP contribution in [-0.2, 0) is 6.42 Å². The molecule has 0 bridgehead atoms. The van der Waals surface area contributed by atoms with Gasteiger partial charge in [0.2, 0.25) is 0 Å². The molecule has 0 spiro atoms. The molecule has 0 saturated carbocycles. The van der Waals surface area contributed by atoms with Crippen LogP contribution in [0.3, 0.4) is 0 Å². The van der Waals surface area contributed by atoms with E-state index in [9.17, 15) is 4.39 Å². The zero-order valence-corrected chi connectivity index (χ0v) is 14.0. The summed E-state index contributed by atoms with van der Waals surface area (Å²) in [6.07, 6.45) is 0.699. The number of hydrogen-bond acceptors (Lipinski definition) is 3. The molecule has 2 rings (SSSR count). The molecule has 1 heterocycles. The van der Waals surface area contributed by atoms with Gasteiger partial charge in [0.05, 0.1) is 0 Å². The molecule has 1 aromatic carbocycles. The summed E-state index contributed by atoms with van der Waals surface area (Å²) in [4.78, 5) is 4.71. The van der Waals surface area contributed by atoms with Crippen molar-refractivity contribution >= 4 is 15.9 Å². The number of benzene rings is 1. The van der Waals surface area contributed by atoms with E-state index in [0.29, 0.717) is 12.5 Å². The number of piperazine rings is 1. The van der Waals surface area contributed by atoms with Crippen molar-refractivity contribution in [3.05, 3.63) is 34.1 Å². The SMILES string of the molecule is CNC(Cc1cc(Br)ccc1F)C1CN(C)CCN1C. The Bertz CT molecular complexity index is 455. The molecule has 1 aliphatic heterocycles. The smallest absolute Gasteiger partial charge is 0.126 e. The van der Waals surface area contributed by atoms with Crippen molar-refractivity contribution in [2.24, 2.45) is 0 Å². The molecular formula is C15H23BrFN3. The fraction of sp³-hybridized carbons (Fsp3) is 0.600. The van der Waals surface area contributed by atoms with E-state index in [1.807, 2.05) is 13.1 Å². The van der Waals surface area contributed by atoms with E-state index in [4.69, 9.17) is 0 Å². The van der Waals surface area contributed by atoms with Crippen molar-refractivity contribution in [2.45, 2.75) is 18.5 Å². The standard InChI is InChI=1S/C15H23BrFN3/c1-18-14(15-10-19(2)6-7-20(15)3)9-11-8-12(16)4-5-13(11)17/h4-5,8,14-15,18H,6-7,9-10H2,1-3H3. The highest BCUT2D eigenvalue weighted by atomic mass is 79.9. The lowest BCUT2D eigenvalue weighted by atomic mass is 9.96. The summed E-state index contributed by atoms with van der Waals surface area (Å²) in [6, 6.07) is 5.80. The Kier molecular flexibility index (Phi) is 5.55. The minimum Gasteiger partial charge on any atom is -0.315 e. The Morgan fingerprint density at radius 1 is 1.40 bits per heavy atom. The summed E-state index contributed by atoms with van der Waals surface area (Å²) >= 11 is 3.42. The molecular weight excluding hydrogens is 321 g/mol. The average Bonchev–Trinajstić information content (AvgIpc) is 2.42. The first kappa shape index (κ1) is 15.9. The molecule has 0 aliphatic carbocycles.